The predicted octanol–water partition coefficient (Wildman–Crippen LogP) is -1.39. The number of halogens is 1. The van der Waals surface area contributed by atoms with Crippen LogP contribution in [0, 0.1) is 32.1 Å². The van der Waals surface area contributed by atoms with Gasteiger partial charge < -0.3 is 51.7 Å². The molecule has 0 bridgehead atoms. The van der Waals surface area contributed by atoms with Gasteiger partial charge in [-0.3, -0.25) is 4.79 Å². The number of hydrogen-bond acceptors (Lipinski definition) is 16. The van der Waals surface area contributed by atoms with Crippen molar-refractivity contribution in [2.24, 2.45) is 0 Å². The summed E-state index contributed by atoms with van der Waals surface area (Å²) in [4.78, 5) is 55.8. The third kappa shape index (κ3) is 35.3. The van der Waals surface area contributed by atoms with Crippen molar-refractivity contribution in [3.05, 3.63) is 178 Å². The average molecular weight is 1080 g/mol. The number of phenolic OH excluding ortho intramolecular Hbond substituents is 1. The van der Waals surface area contributed by atoms with Gasteiger partial charge in [-0.2, -0.15) is 5.26 Å². The molecule has 70 heavy (non-hydrogen) atoms. The van der Waals surface area contributed by atoms with Crippen LogP contribution in [0.25, 0.3) is 0 Å². The van der Waals surface area contributed by atoms with Crippen molar-refractivity contribution in [2.45, 2.75) is 53.7 Å². The number of ether oxygens (including phenoxy) is 4. The van der Waals surface area contributed by atoms with Crippen LogP contribution < -0.4 is 136 Å². The molecule has 0 atom stereocenters. The van der Waals surface area contributed by atoms with E-state index in [9.17, 15) is 14.4 Å². The number of benzene rings is 3. The van der Waals surface area contributed by atoms with E-state index in [2.05, 4.69) is 45.2 Å². The van der Waals surface area contributed by atoms with E-state index >= 15 is 0 Å². The van der Waals surface area contributed by atoms with Crippen LogP contribution in [0.1, 0.15) is 80.6 Å². The van der Waals surface area contributed by atoms with Gasteiger partial charge in [-0.25, -0.2) is 29.3 Å². The summed E-state index contributed by atoms with van der Waals surface area (Å²) in [6, 6.07) is 34.5. The number of esters is 2. The number of methoxy groups -OCH3 is 2. The van der Waals surface area contributed by atoms with Crippen molar-refractivity contribution in [3.8, 4) is 23.3 Å². The van der Waals surface area contributed by atoms with Crippen LogP contribution in [0.15, 0.2) is 128 Å². The quantitative estimate of drug-likeness (QED) is 0.0377. The average Bonchev–Trinajstić information content (AvgIpc) is 3.31. The van der Waals surface area contributed by atoms with Crippen molar-refractivity contribution in [2.75, 3.05) is 14.2 Å². The Bertz CT molecular complexity index is 2360. The molecule has 0 fully saturated rings. The summed E-state index contributed by atoms with van der Waals surface area (Å²) in [5, 5.41) is 34.0. The molecule has 6 rings (SSSR count). The second kappa shape index (κ2) is 47.4. The van der Waals surface area contributed by atoms with Crippen LogP contribution in [-0.4, -0.2) is 74.7 Å². The Morgan fingerprint density at radius 2 is 1.04 bits per heavy atom. The number of rotatable bonds is 11. The molecule has 0 amide bonds. The molecule has 0 radical (unpaired) electrons. The topological polar surface area (TPSA) is 302 Å². The molecule has 22 heteroatoms. The van der Waals surface area contributed by atoms with Crippen molar-refractivity contribution in [1.82, 2.24) is 15.0 Å². The zero-order chi connectivity index (χ0) is 47.7. The number of aryl methyl sites for hydroxylation is 3. The van der Waals surface area contributed by atoms with Crippen LogP contribution >= 0.6 is 15.9 Å². The number of carbonyl (C=O) groups excluding carboxylic acids is 3. The zero-order valence-corrected chi connectivity index (χ0v) is 47.7. The first-order valence-electron chi connectivity index (χ1n) is 18.7. The number of pyridine rings is 3. The van der Waals surface area contributed by atoms with E-state index in [1.807, 2.05) is 87.5 Å². The Morgan fingerprint density at radius 3 is 1.30 bits per heavy atom. The fraction of sp³-hybridized carbons (Fsp3) is 0.208. The summed E-state index contributed by atoms with van der Waals surface area (Å²) < 4.78 is 20.3. The summed E-state index contributed by atoms with van der Waals surface area (Å²) in [6.07, 6.45) is 4.77. The molecule has 6 aromatic rings. The molecule has 0 aliphatic rings. The first-order chi connectivity index (χ1) is 30.7. The van der Waals surface area contributed by atoms with Gasteiger partial charge in [0.05, 0.1) is 20.3 Å². The van der Waals surface area contributed by atoms with Crippen LogP contribution in [0.2, 0.25) is 0 Å². The normalized spacial score (nSPS) is 8.39. The largest absolute Gasteiger partial charge is 1.00 e. The summed E-state index contributed by atoms with van der Waals surface area (Å²) in [6.45, 7) is 7.99. The monoisotopic (exact) mass is 1080 g/mol. The number of aromatic hydroxyl groups is 1. The van der Waals surface area contributed by atoms with E-state index < -0.39 is 17.9 Å². The fourth-order valence-electron chi connectivity index (χ4n) is 4.47. The number of alkyl halides is 1. The summed E-state index contributed by atoms with van der Waals surface area (Å²) in [5.74, 6) is 0.0720. The Labute approximate surface area is 515 Å². The van der Waals surface area contributed by atoms with Gasteiger partial charge in [-0.05, 0) is 97.6 Å². The van der Waals surface area contributed by atoms with E-state index in [1.165, 1.54) is 33.4 Å². The number of aromatic carboxylic acids is 1. The maximum atomic E-state index is 11.2. The number of phenols is 1. The van der Waals surface area contributed by atoms with E-state index in [-0.39, 0.29) is 154 Å². The van der Waals surface area contributed by atoms with Gasteiger partial charge >= 0.3 is 140 Å². The zero-order valence-electron chi connectivity index (χ0n) is 40.9. The molecular formula is C48H56BrK2LiN4O14. The van der Waals surface area contributed by atoms with Crippen LogP contribution in [0.5, 0.6) is 17.2 Å². The minimum Gasteiger partial charge on any atom is -1.00 e. The van der Waals surface area contributed by atoms with Crippen molar-refractivity contribution < 1.29 is 192 Å². The minimum absolute atomic E-state index is 0. The maximum absolute atomic E-state index is 11.2. The third-order valence-corrected chi connectivity index (χ3v) is 8.12. The number of hydrogen-bond donors (Lipinski definition) is 2. The second-order valence-corrected chi connectivity index (χ2v) is 13.1. The summed E-state index contributed by atoms with van der Waals surface area (Å²) in [5.41, 5.74) is 6.80. The Kier molecular flexibility index (Phi) is 52.6. The summed E-state index contributed by atoms with van der Waals surface area (Å²) in [7, 11) is 2.67. The molecule has 18 nitrogen and oxygen atoms in total. The van der Waals surface area contributed by atoms with E-state index in [4.69, 9.17) is 35.0 Å². The van der Waals surface area contributed by atoms with Crippen molar-refractivity contribution in [3.63, 3.8) is 0 Å². The molecule has 5 N–H and O–H groups in total. The predicted molar refractivity (Wildman–Crippen MR) is 251 cm³/mol. The van der Waals surface area contributed by atoms with Crippen LogP contribution in [-0.2, 0) is 37.7 Å². The van der Waals surface area contributed by atoms with Gasteiger partial charge in [0, 0.05) is 42.0 Å². The molecule has 0 aliphatic heterocycles. The molecule has 362 valence electrons. The number of nitriles is 1. The first-order valence-corrected chi connectivity index (χ1v) is 19.8. The molecule has 0 saturated heterocycles. The van der Waals surface area contributed by atoms with Crippen LogP contribution in [0.3, 0.4) is 0 Å². The Balaban J connectivity index is -0.000000147. The molecule has 0 aliphatic carbocycles. The SMILES string of the molecule is C.CC#N.COC(=O)c1ccc(CBr)cn1.COC(=O)c1ccc(COc2cccc(C)c2)cn1.Cc1cccc(O)c1.Cc1cccc(OCc2ccc(C(=O)O)nc2)c1.O.O=CO[O-].[H-].[K+].[K+].[Li+].[OH-]. The fourth-order valence-corrected chi connectivity index (χ4v) is 4.80. The summed E-state index contributed by atoms with van der Waals surface area (Å²) >= 11 is 3.28. The standard InChI is InChI=1S/C15H15NO3.C14H13NO3.C8H8BrNO2.C7H8O.C2H3N.CH2O3.CH4.2K.Li.2H2O.H/c1-11-4-3-5-13(8-11)19-10-12-6-7-14(16-9-12)15(17)18-2;1-10-3-2-4-12(7-10)18-9-11-5-6-13(14(16)17)15-8-11;1-12-8(11)7-3-2-6(4-9)5-10-7;1-6-3-2-4-7(8)5-6;1-2-3;2-1-4-3;;;;;;;/h3-9H,10H2,1-2H3;2-8H,9H2,1H3,(H,16,17);2-3,5H,4H2,1H3;2-5,8H,1H3;1H3;1,3H;1H4;;;;2*1H2;/q;;;;;;;3*+1;;;-1/p-2. The number of carboxylic acid groups (broad SMARTS) is 1. The van der Waals surface area contributed by atoms with Crippen molar-refractivity contribution in [1.29, 1.82) is 5.26 Å². The Hall–Kier alpha value is -3.89. The van der Waals surface area contributed by atoms with E-state index in [1.54, 1.807) is 54.9 Å². The van der Waals surface area contributed by atoms with Crippen molar-refractivity contribution >= 4 is 40.3 Å². The molecule has 0 spiro atoms. The number of carbonyl (C=O) groups is 4. The molecule has 3 heterocycles. The van der Waals surface area contributed by atoms with E-state index in [0.29, 0.717) is 30.4 Å². The van der Waals surface area contributed by atoms with Gasteiger partial charge in [0.15, 0.2) is 0 Å². The number of nitrogens with zero attached hydrogens (tertiary/aromatic N) is 4. The third-order valence-electron chi connectivity index (χ3n) is 7.47. The van der Waals surface area contributed by atoms with Crippen LogP contribution in [0.4, 0.5) is 0 Å². The minimum atomic E-state index is -1.03. The molecule has 0 unspecified atom stereocenters. The molecule has 3 aromatic heterocycles. The number of aromatic nitrogens is 3. The van der Waals surface area contributed by atoms with Gasteiger partial charge in [0.25, 0.3) is 6.47 Å². The van der Waals surface area contributed by atoms with Gasteiger partial charge in [0.1, 0.15) is 47.5 Å². The molecular weight excluding hydrogens is 1020 g/mol. The second-order valence-electron chi connectivity index (χ2n) is 12.5. The maximum Gasteiger partial charge on any atom is 1.00 e. The molecule has 0 saturated carbocycles. The van der Waals surface area contributed by atoms with E-state index in [0.717, 1.165) is 50.2 Å². The smallest absolute Gasteiger partial charge is 1.00 e. The number of carboxylic acids is 1. The van der Waals surface area contributed by atoms with Gasteiger partial charge in [0.2, 0.25) is 0 Å². The first kappa shape index (κ1) is 77.6. The molecule has 3 aromatic carbocycles. The Morgan fingerprint density at radius 1 is 0.700 bits per heavy atom. The van der Waals surface area contributed by atoms with Gasteiger partial charge in [-0.15, -0.1) is 0 Å². The van der Waals surface area contributed by atoms with Gasteiger partial charge in [-0.1, -0.05) is 78.0 Å².